The van der Waals surface area contributed by atoms with Gasteiger partial charge in [-0.25, -0.2) is 0 Å². The fourth-order valence-corrected chi connectivity index (χ4v) is 2.60. The molecule has 0 saturated heterocycles. The Kier molecular flexibility index (Phi) is 7.02. The van der Waals surface area contributed by atoms with Crippen LogP contribution in [0.3, 0.4) is 0 Å². The van der Waals surface area contributed by atoms with E-state index in [2.05, 4.69) is 59.8 Å². The van der Waals surface area contributed by atoms with Crippen LogP contribution in [0.2, 0.25) is 5.02 Å². The SMILES string of the molecule is Cc1cc(Cl)c(C(C)C)cc1OC(CNC(C)C)C(C)C. The molecule has 2 nitrogen and oxygen atoms in total. The molecule has 1 unspecified atom stereocenters. The Labute approximate surface area is 135 Å². The summed E-state index contributed by atoms with van der Waals surface area (Å²) in [6.07, 6.45) is 0.160. The molecule has 1 aromatic carbocycles. The van der Waals surface area contributed by atoms with E-state index in [9.17, 15) is 0 Å². The minimum Gasteiger partial charge on any atom is -0.489 e. The Balaban J connectivity index is 2.95. The predicted molar refractivity (Wildman–Crippen MR) is 92.7 cm³/mol. The predicted octanol–water partition coefficient (Wildman–Crippen LogP) is 5.17. The van der Waals surface area contributed by atoms with Gasteiger partial charge in [0.1, 0.15) is 11.9 Å². The fraction of sp³-hybridized carbons (Fsp3) is 0.667. The summed E-state index contributed by atoms with van der Waals surface area (Å²) in [5.41, 5.74) is 2.25. The second-order valence-corrected chi connectivity index (χ2v) is 7.16. The first-order valence-electron chi connectivity index (χ1n) is 7.92. The van der Waals surface area contributed by atoms with Crippen molar-refractivity contribution in [3.05, 3.63) is 28.3 Å². The zero-order chi connectivity index (χ0) is 16.2. The third kappa shape index (κ3) is 5.52. The van der Waals surface area contributed by atoms with Gasteiger partial charge in [0, 0.05) is 17.6 Å². The average Bonchev–Trinajstić information content (AvgIpc) is 2.35. The lowest BCUT2D eigenvalue weighted by molar-refractivity contribution is 0.145. The maximum absolute atomic E-state index is 6.33. The summed E-state index contributed by atoms with van der Waals surface area (Å²) in [5, 5.41) is 4.29. The summed E-state index contributed by atoms with van der Waals surface area (Å²) >= 11 is 6.33. The molecule has 0 spiro atoms. The van der Waals surface area contributed by atoms with E-state index in [0.717, 1.165) is 28.4 Å². The second-order valence-electron chi connectivity index (χ2n) is 6.76. The number of aryl methyl sites for hydroxylation is 1. The number of hydrogen-bond acceptors (Lipinski definition) is 2. The first kappa shape index (κ1) is 18.3. The molecule has 3 heteroatoms. The van der Waals surface area contributed by atoms with E-state index in [1.54, 1.807) is 0 Å². The Bertz CT molecular complexity index is 455. The third-order valence-corrected chi connectivity index (χ3v) is 3.99. The van der Waals surface area contributed by atoms with Crippen LogP contribution in [0.25, 0.3) is 0 Å². The van der Waals surface area contributed by atoms with E-state index < -0.39 is 0 Å². The summed E-state index contributed by atoms with van der Waals surface area (Å²) < 4.78 is 6.28. The van der Waals surface area contributed by atoms with Gasteiger partial charge in [0.25, 0.3) is 0 Å². The lowest BCUT2D eigenvalue weighted by Crippen LogP contribution is -2.38. The molecule has 0 aliphatic heterocycles. The minimum absolute atomic E-state index is 0.160. The number of benzene rings is 1. The molecule has 120 valence electrons. The summed E-state index contributed by atoms with van der Waals surface area (Å²) in [5.74, 6) is 1.80. The highest BCUT2D eigenvalue weighted by atomic mass is 35.5. The van der Waals surface area contributed by atoms with Crippen molar-refractivity contribution in [2.75, 3.05) is 6.54 Å². The quantitative estimate of drug-likeness (QED) is 0.749. The molecular formula is C18H30ClNO. The number of ether oxygens (including phenoxy) is 1. The van der Waals surface area contributed by atoms with E-state index in [-0.39, 0.29) is 6.10 Å². The van der Waals surface area contributed by atoms with E-state index in [1.165, 1.54) is 0 Å². The highest BCUT2D eigenvalue weighted by molar-refractivity contribution is 6.31. The van der Waals surface area contributed by atoms with Crippen LogP contribution in [0.1, 0.15) is 58.6 Å². The van der Waals surface area contributed by atoms with E-state index in [4.69, 9.17) is 16.3 Å². The van der Waals surface area contributed by atoms with Gasteiger partial charge in [0.15, 0.2) is 0 Å². The van der Waals surface area contributed by atoms with Crippen molar-refractivity contribution in [1.29, 1.82) is 0 Å². The monoisotopic (exact) mass is 311 g/mol. The highest BCUT2D eigenvalue weighted by Gasteiger charge is 2.18. The zero-order valence-corrected chi connectivity index (χ0v) is 15.2. The molecule has 0 aliphatic carbocycles. The summed E-state index contributed by atoms with van der Waals surface area (Å²) in [6, 6.07) is 4.58. The molecule has 21 heavy (non-hydrogen) atoms. The lowest BCUT2D eigenvalue weighted by atomic mass is 10.0. The van der Waals surface area contributed by atoms with Crippen molar-refractivity contribution in [2.24, 2.45) is 5.92 Å². The van der Waals surface area contributed by atoms with Gasteiger partial charge in [0.05, 0.1) is 0 Å². The van der Waals surface area contributed by atoms with Gasteiger partial charge in [-0.3, -0.25) is 0 Å². The third-order valence-electron chi connectivity index (χ3n) is 3.67. The number of nitrogens with one attached hydrogen (secondary N) is 1. The zero-order valence-electron chi connectivity index (χ0n) is 14.5. The first-order valence-corrected chi connectivity index (χ1v) is 8.30. The molecule has 0 fully saturated rings. The molecule has 0 heterocycles. The number of halogens is 1. The van der Waals surface area contributed by atoms with Gasteiger partial charge in [-0.15, -0.1) is 0 Å². The van der Waals surface area contributed by atoms with Crippen LogP contribution < -0.4 is 10.1 Å². The number of hydrogen-bond donors (Lipinski definition) is 1. The van der Waals surface area contributed by atoms with E-state index >= 15 is 0 Å². The molecule has 1 aromatic rings. The summed E-state index contributed by atoms with van der Waals surface area (Å²) in [6.45, 7) is 15.9. The molecule has 1 N–H and O–H groups in total. The molecule has 0 bridgehead atoms. The summed E-state index contributed by atoms with van der Waals surface area (Å²) in [7, 11) is 0. The van der Waals surface area contributed by atoms with Crippen molar-refractivity contribution in [3.63, 3.8) is 0 Å². The van der Waals surface area contributed by atoms with Gasteiger partial charge >= 0.3 is 0 Å². The van der Waals surface area contributed by atoms with Crippen LogP contribution in [-0.2, 0) is 0 Å². The fourth-order valence-electron chi connectivity index (χ4n) is 2.17. The van der Waals surface area contributed by atoms with Crippen molar-refractivity contribution >= 4 is 11.6 Å². The van der Waals surface area contributed by atoms with E-state index in [0.29, 0.717) is 17.9 Å². The van der Waals surface area contributed by atoms with Crippen LogP contribution in [0, 0.1) is 12.8 Å². The molecular weight excluding hydrogens is 282 g/mol. The van der Waals surface area contributed by atoms with Gasteiger partial charge in [0.2, 0.25) is 0 Å². The van der Waals surface area contributed by atoms with Crippen molar-refractivity contribution in [1.82, 2.24) is 5.32 Å². The smallest absolute Gasteiger partial charge is 0.123 e. The number of rotatable bonds is 7. The topological polar surface area (TPSA) is 21.3 Å². The van der Waals surface area contributed by atoms with Crippen molar-refractivity contribution < 1.29 is 4.74 Å². The van der Waals surface area contributed by atoms with Crippen molar-refractivity contribution in [3.8, 4) is 5.75 Å². The van der Waals surface area contributed by atoms with Crippen LogP contribution in [0.5, 0.6) is 5.75 Å². The van der Waals surface area contributed by atoms with Crippen LogP contribution >= 0.6 is 11.6 Å². The molecule has 1 atom stereocenters. The lowest BCUT2D eigenvalue weighted by Gasteiger charge is -2.26. The molecule has 0 amide bonds. The highest BCUT2D eigenvalue weighted by Crippen LogP contribution is 2.32. The van der Waals surface area contributed by atoms with Crippen LogP contribution in [-0.4, -0.2) is 18.7 Å². The molecule has 0 aliphatic rings. The van der Waals surface area contributed by atoms with Gasteiger partial charge in [-0.2, -0.15) is 0 Å². The minimum atomic E-state index is 0.160. The normalized spacial score (nSPS) is 13.3. The first-order chi connectivity index (χ1) is 9.72. The largest absolute Gasteiger partial charge is 0.489 e. The molecule has 1 rings (SSSR count). The Morgan fingerprint density at radius 2 is 1.71 bits per heavy atom. The van der Waals surface area contributed by atoms with Gasteiger partial charge in [-0.1, -0.05) is 53.1 Å². The second kappa shape index (κ2) is 8.05. The summed E-state index contributed by atoms with van der Waals surface area (Å²) in [4.78, 5) is 0. The molecule has 0 radical (unpaired) electrons. The van der Waals surface area contributed by atoms with Crippen molar-refractivity contribution in [2.45, 2.75) is 66.5 Å². The maximum Gasteiger partial charge on any atom is 0.123 e. The standard InChI is InChI=1S/C18H30ClNO/c1-11(2)15-9-17(14(7)8-16(15)19)21-18(12(3)4)10-20-13(5)6/h8-9,11-13,18,20H,10H2,1-7H3. The van der Waals surface area contributed by atoms with Gasteiger partial charge in [-0.05, 0) is 42.0 Å². The van der Waals surface area contributed by atoms with Crippen LogP contribution in [0.4, 0.5) is 0 Å². The Morgan fingerprint density at radius 3 is 2.19 bits per heavy atom. The maximum atomic E-state index is 6.33. The Morgan fingerprint density at radius 1 is 1.10 bits per heavy atom. The molecule has 0 saturated carbocycles. The average molecular weight is 312 g/mol. The molecule has 0 aromatic heterocycles. The van der Waals surface area contributed by atoms with Gasteiger partial charge < -0.3 is 10.1 Å². The van der Waals surface area contributed by atoms with E-state index in [1.807, 2.05) is 6.07 Å². The van der Waals surface area contributed by atoms with Crippen LogP contribution in [0.15, 0.2) is 12.1 Å². The Hall–Kier alpha value is -0.730.